The Balaban J connectivity index is 1.52. The van der Waals surface area contributed by atoms with Gasteiger partial charge in [-0.2, -0.15) is 13.2 Å². The van der Waals surface area contributed by atoms with Gasteiger partial charge in [0.05, 0.1) is 6.61 Å². The number of nitrogens with one attached hydrogen (secondary N) is 1. The molecule has 9 heteroatoms. The number of aromatic nitrogens is 2. The molecule has 0 unspecified atom stereocenters. The first kappa shape index (κ1) is 19.8. The van der Waals surface area contributed by atoms with Gasteiger partial charge in [0.15, 0.2) is 0 Å². The molecule has 3 rings (SSSR count). The lowest BCUT2D eigenvalue weighted by Crippen LogP contribution is -2.16. The monoisotopic (exact) mass is 399 g/mol. The van der Waals surface area contributed by atoms with Crippen molar-refractivity contribution >= 4 is 22.4 Å². The van der Waals surface area contributed by atoms with Gasteiger partial charge in [-0.3, -0.25) is 10.1 Å². The number of benzene rings is 1. The summed E-state index contributed by atoms with van der Waals surface area (Å²) in [5, 5.41) is 12.4. The first-order valence-corrected chi connectivity index (χ1v) is 9.60. The summed E-state index contributed by atoms with van der Waals surface area (Å²) in [4.78, 5) is 12.3. The van der Waals surface area contributed by atoms with Crippen LogP contribution in [0.2, 0.25) is 0 Å². The molecule has 1 amide bonds. The SMILES string of the molecule is O=C(Nc1nnc(C2CCCCC2)s1)c1ccc(COCC(F)(F)F)cc1. The third kappa shape index (κ3) is 6.00. The second-order valence-electron chi connectivity index (χ2n) is 6.54. The maximum absolute atomic E-state index is 12.3. The van der Waals surface area contributed by atoms with Crippen molar-refractivity contribution in [3.05, 3.63) is 40.4 Å². The Morgan fingerprint density at radius 1 is 1.15 bits per heavy atom. The molecule has 146 valence electrons. The van der Waals surface area contributed by atoms with E-state index in [4.69, 9.17) is 0 Å². The molecule has 1 saturated carbocycles. The molecule has 2 aromatic rings. The van der Waals surface area contributed by atoms with Crippen molar-refractivity contribution in [2.45, 2.75) is 50.8 Å². The first-order valence-electron chi connectivity index (χ1n) is 8.79. The molecule has 0 radical (unpaired) electrons. The number of carbonyl (C=O) groups excluding carboxylic acids is 1. The molecule has 5 nitrogen and oxygen atoms in total. The molecule has 0 spiro atoms. The van der Waals surface area contributed by atoms with Crippen LogP contribution in [0.4, 0.5) is 18.3 Å². The number of ether oxygens (including phenoxy) is 1. The van der Waals surface area contributed by atoms with E-state index in [1.807, 2.05) is 0 Å². The molecular weight excluding hydrogens is 379 g/mol. The molecule has 1 heterocycles. The van der Waals surface area contributed by atoms with Gasteiger partial charge in [-0.1, -0.05) is 42.7 Å². The molecule has 0 saturated heterocycles. The first-order chi connectivity index (χ1) is 12.9. The number of rotatable bonds is 6. The van der Waals surface area contributed by atoms with Crippen molar-refractivity contribution < 1.29 is 22.7 Å². The Kier molecular flexibility index (Phi) is 6.43. The van der Waals surface area contributed by atoms with Crippen LogP contribution in [0.15, 0.2) is 24.3 Å². The highest BCUT2D eigenvalue weighted by atomic mass is 32.1. The van der Waals surface area contributed by atoms with Gasteiger partial charge in [-0.15, -0.1) is 10.2 Å². The van der Waals surface area contributed by atoms with Crippen LogP contribution in [-0.2, 0) is 11.3 Å². The minimum atomic E-state index is -4.35. The molecule has 0 aliphatic heterocycles. The Bertz CT molecular complexity index is 756. The number of amides is 1. The van der Waals surface area contributed by atoms with Crippen molar-refractivity contribution in [2.75, 3.05) is 11.9 Å². The van der Waals surface area contributed by atoms with Gasteiger partial charge < -0.3 is 4.74 Å². The third-order valence-electron chi connectivity index (χ3n) is 4.37. The van der Waals surface area contributed by atoms with Gasteiger partial charge in [0, 0.05) is 11.5 Å². The smallest absolute Gasteiger partial charge is 0.367 e. The number of anilines is 1. The van der Waals surface area contributed by atoms with Crippen LogP contribution in [0.5, 0.6) is 0 Å². The van der Waals surface area contributed by atoms with Gasteiger partial charge in [0.25, 0.3) is 5.91 Å². The van der Waals surface area contributed by atoms with Gasteiger partial charge in [0.2, 0.25) is 5.13 Å². The zero-order chi connectivity index (χ0) is 19.3. The minimum absolute atomic E-state index is 0.164. The van der Waals surface area contributed by atoms with E-state index >= 15 is 0 Å². The molecule has 1 aromatic carbocycles. The quantitative estimate of drug-likeness (QED) is 0.749. The highest BCUT2D eigenvalue weighted by Gasteiger charge is 2.27. The predicted molar refractivity (Wildman–Crippen MR) is 95.8 cm³/mol. The molecule has 1 fully saturated rings. The number of carbonyl (C=O) groups is 1. The van der Waals surface area contributed by atoms with Crippen LogP contribution in [0, 0.1) is 0 Å². The van der Waals surface area contributed by atoms with Crippen molar-refractivity contribution in [3.63, 3.8) is 0 Å². The standard InChI is InChI=1S/C18H20F3N3O2S/c19-18(20,21)11-26-10-12-6-8-13(9-7-12)15(25)22-17-24-23-16(27-17)14-4-2-1-3-5-14/h6-9,14H,1-5,10-11H2,(H,22,24,25). The van der Waals surface area contributed by atoms with Gasteiger partial charge in [0.1, 0.15) is 11.6 Å². The predicted octanol–water partition coefficient (Wildman–Crippen LogP) is 4.92. The van der Waals surface area contributed by atoms with Crippen molar-refractivity contribution in [2.24, 2.45) is 0 Å². The normalized spacial score (nSPS) is 15.7. The second kappa shape index (κ2) is 8.79. The third-order valence-corrected chi connectivity index (χ3v) is 5.37. The number of hydrogen-bond acceptors (Lipinski definition) is 5. The van der Waals surface area contributed by atoms with Crippen LogP contribution >= 0.6 is 11.3 Å². The summed E-state index contributed by atoms with van der Waals surface area (Å²) in [5.74, 6) is 0.0991. The minimum Gasteiger partial charge on any atom is -0.367 e. The lowest BCUT2D eigenvalue weighted by atomic mass is 9.90. The maximum Gasteiger partial charge on any atom is 0.411 e. The lowest BCUT2D eigenvalue weighted by Gasteiger charge is -2.18. The average Bonchev–Trinajstić information content (AvgIpc) is 3.10. The van der Waals surface area contributed by atoms with Crippen LogP contribution in [-0.4, -0.2) is 28.9 Å². The summed E-state index contributed by atoms with van der Waals surface area (Å²) in [6, 6.07) is 6.23. The lowest BCUT2D eigenvalue weighted by molar-refractivity contribution is -0.176. The average molecular weight is 399 g/mol. The fourth-order valence-corrected chi connectivity index (χ4v) is 3.91. The van der Waals surface area contributed by atoms with E-state index in [9.17, 15) is 18.0 Å². The van der Waals surface area contributed by atoms with Crippen molar-refractivity contribution in [1.82, 2.24) is 10.2 Å². The van der Waals surface area contributed by atoms with Crippen molar-refractivity contribution in [1.29, 1.82) is 0 Å². The highest BCUT2D eigenvalue weighted by molar-refractivity contribution is 7.15. The van der Waals surface area contributed by atoms with Crippen LogP contribution in [0.25, 0.3) is 0 Å². The summed E-state index contributed by atoms with van der Waals surface area (Å²) in [6.45, 7) is -1.46. The number of hydrogen-bond donors (Lipinski definition) is 1. The Morgan fingerprint density at radius 3 is 2.52 bits per heavy atom. The summed E-state index contributed by atoms with van der Waals surface area (Å²) in [6.07, 6.45) is 1.53. The molecule has 1 aliphatic carbocycles. The second-order valence-corrected chi connectivity index (χ2v) is 7.55. The summed E-state index contributed by atoms with van der Waals surface area (Å²) in [7, 11) is 0. The van der Waals surface area contributed by atoms with Crippen molar-refractivity contribution in [3.8, 4) is 0 Å². The molecule has 27 heavy (non-hydrogen) atoms. The summed E-state index contributed by atoms with van der Waals surface area (Å²) in [5.41, 5.74) is 0.954. The van der Waals surface area contributed by atoms with Gasteiger partial charge in [-0.05, 0) is 30.5 Å². The molecule has 1 aromatic heterocycles. The zero-order valence-corrected chi connectivity index (χ0v) is 15.4. The van der Waals surface area contributed by atoms with Gasteiger partial charge in [-0.25, -0.2) is 0 Å². The molecule has 0 bridgehead atoms. The van der Waals surface area contributed by atoms with E-state index in [2.05, 4.69) is 20.3 Å². The number of halogens is 3. The maximum atomic E-state index is 12.3. The molecule has 0 atom stereocenters. The Hall–Kier alpha value is -2.00. The van der Waals surface area contributed by atoms with Crippen LogP contribution in [0.1, 0.15) is 59.0 Å². The fourth-order valence-electron chi connectivity index (χ4n) is 3.01. The fraction of sp³-hybridized carbons (Fsp3) is 0.500. The summed E-state index contributed by atoms with van der Waals surface area (Å²) >= 11 is 1.40. The number of alkyl halides is 3. The van der Waals surface area contributed by atoms with E-state index in [0.717, 1.165) is 17.8 Å². The largest absolute Gasteiger partial charge is 0.411 e. The molecule has 1 aliphatic rings. The highest BCUT2D eigenvalue weighted by Crippen LogP contribution is 2.35. The van der Waals surface area contributed by atoms with E-state index in [0.29, 0.717) is 22.2 Å². The van der Waals surface area contributed by atoms with E-state index in [-0.39, 0.29) is 12.5 Å². The van der Waals surface area contributed by atoms with E-state index in [1.165, 1.54) is 30.6 Å². The topological polar surface area (TPSA) is 64.1 Å². The number of nitrogens with zero attached hydrogens (tertiary/aromatic N) is 2. The Labute approximate surface area is 159 Å². The van der Waals surface area contributed by atoms with E-state index < -0.39 is 12.8 Å². The van der Waals surface area contributed by atoms with Gasteiger partial charge >= 0.3 is 6.18 Å². The van der Waals surface area contributed by atoms with Crippen LogP contribution < -0.4 is 5.32 Å². The molecule has 1 N–H and O–H groups in total. The Morgan fingerprint density at radius 2 is 1.85 bits per heavy atom. The molecular formula is C18H20F3N3O2S. The zero-order valence-electron chi connectivity index (χ0n) is 14.6. The van der Waals surface area contributed by atoms with E-state index in [1.54, 1.807) is 24.3 Å². The summed E-state index contributed by atoms with van der Waals surface area (Å²) < 4.78 is 40.8. The van der Waals surface area contributed by atoms with Crippen LogP contribution in [0.3, 0.4) is 0 Å².